The molecule has 0 aromatic rings. The predicted octanol–water partition coefficient (Wildman–Crippen LogP) is 6.10. The Kier molecular flexibility index (Phi) is 149. The van der Waals surface area contributed by atoms with E-state index in [1.54, 1.807) is 6.92 Å². The zero-order valence-electron chi connectivity index (χ0n) is 20.6. The van der Waals surface area contributed by atoms with Gasteiger partial charge in [-0.1, -0.05) is 19.8 Å². The van der Waals surface area contributed by atoms with Crippen LogP contribution in [0.5, 0.6) is 0 Å². The first kappa shape index (κ1) is 73.8. The molecular formula is C23H29OY10-5. The minimum absolute atomic E-state index is 0. The van der Waals surface area contributed by atoms with Crippen molar-refractivity contribution in [1.29, 1.82) is 0 Å². The van der Waals surface area contributed by atoms with Gasteiger partial charge in [0.15, 0.2) is 0 Å². The van der Waals surface area contributed by atoms with Crippen molar-refractivity contribution < 1.29 is 332 Å². The summed E-state index contributed by atoms with van der Waals surface area (Å²) in [5.41, 5.74) is 0. The molecule has 0 aromatic heterocycles. The van der Waals surface area contributed by atoms with Crippen molar-refractivity contribution in [3.05, 3.63) is 105 Å². The van der Waals surface area contributed by atoms with Gasteiger partial charge in [0, 0.05) is 327 Å². The van der Waals surface area contributed by atoms with Crippen LogP contribution in [0.3, 0.4) is 0 Å². The fraction of sp³-hybridized carbons (Fsp3) is 0.217. The van der Waals surface area contributed by atoms with Gasteiger partial charge in [-0.05, 0) is 13.3 Å². The number of Topliss-reactive ketones (excluding diaryl/α,β-unsaturated/α-hetero) is 1. The molecule has 0 bridgehead atoms. The van der Waals surface area contributed by atoms with E-state index in [2.05, 4.69) is 13.0 Å². The second kappa shape index (κ2) is 68.6. The zero-order valence-corrected chi connectivity index (χ0v) is 49.0. The summed E-state index contributed by atoms with van der Waals surface area (Å²) >= 11 is 0. The van der Waals surface area contributed by atoms with Crippen LogP contribution in [-0.2, 0) is 332 Å². The zero-order chi connectivity index (χ0) is 17.7. The molecule has 0 spiro atoms. The van der Waals surface area contributed by atoms with Gasteiger partial charge in [0.05, 0.1) is 0 Å². The van der Waals surface area contributed by atoms with Crippen molar-refractivity contribution in [2.45, 2.75) is 33.1 Å². The SMILES string of the molecule is CC/C=C\[CH-]/C=C\[CH-]/C=C\[CH-]/C=C\[CH-]/C=C\[CH-]/C=C\CCC(C)=O.[Y].[Y].[Y].[Y].[Y].[Y].[Y].[Y].[Y].[Y]. The maximum atomic E-state index is 10.7. The van der Waals surface area contributed by atoms with Gasteiger partial charge in [-0.2, -0.15) is 24.3 Å². The largest absolute Gasteiger partial charge is 0.300 e. The van der Waals surface area contributed by atoms with Crippen molar-refractivity contribution in [2.75, 3.05) is 0 Å². The van der Waals surface area contributed by atoms with Crippen LogP contribution < -0.4 is 0 Å². The molecule has 0 fully saturated rings. The van der Waals surface area contributed by atoms with Gasteiger partial charge in [-0.15, -0.1) is 0 Å². The minimum Gasteiger partial charge on any atom is -0.300 e. The van der Waals surface area contributed by atoms with Crippen LogP contribution in [0.4, 0.5) is 0 Å². The summed E-state index contributed by atoms with van der Waals surface area (Å²) in [6.45, 7) is 3.73. The molecule has 10 radical (unpaired) electrons. The summed E-state index contributed by atoms with van der Waals surface area (Å²) in [6.07, 6.45) is 36.5. The fourth-order valence-electron chi connectivity index (χ4n) is 1.51. The van der Waals surface area contributed by atoms with E-state index >= 15 is 0 Å². The molecule has 1 nitrogen and oxygen atoms in total. The van der Waals surface area contributed by atoms with Crippen molar-refractivity contribution in [1.82, 2.24) is 0 Å². The first-order valence-electron chi connectivity index (χ1n) is 8.41. The fourth-order valence-corrected chi connectivity index (χ4v) is 1.51. The molecule has 0 saturated carbocycles. The van der Waals surface area contributed by atoms with Crippen molar-refractivity contribution in [3.63, 3.8) is 0 Å². The third-order valence-electron chi connectivity index (χ3n) is 2.73. The molecule has 0 aliphatic heterocycles. The predicted molar refractivity (Wildman–Crippen MR) is 107 cm³/mol. The number of hydrogen-bond acceptors (Lipinski definition) is 1. The molecule has 0 atom stereocenters. The Morgan fingerprint density at radius 3 is 1.03 bits per heavy atom. The van der Waals surface area contributed by atoms with Gasteiger partial charge in [-0.3, -0.25) is 67.9 Å². The van der Waals surface area contributed by atoms with Crippen LogP contribution in [0.2, 0.25) is 0 Å². The average Bonchev–Trinajstić information content (AvgIpc) is 2.56. The minimum atomic E-state index is 0. The number of carbonyl (C=O) groups excluding carboxylic acids is 1. The van der Waals surface area contributed by atoms with E-state index in [9.17, 15) is 4.79 Å². The van der Waals surface area contributed by atoms with E-state index in [-0.39, 0.29) is 333 Å². The van der Waals surface area contributed by atoms with Crippen molar-refractivity contribution >= 4 is 5.78 Å². The normalized spacial score (nSPS) is 8.65. The number of ketones is 1. The Balaban J connectivity index is -0.0000000588. The Morgan fingerprint density at radius 2 is 0.765 bits per heavy atom. The molecular weight excluding hydrogens is 1180 g/mol. The molecule has 0 rings (SSSR count). The Bertz CT molecular complexity index is 488. The molecule has 0 heterocycles. The Morgan fingerprint density at radius 1 is 0.500 bits per heavy atom. The molecule has 0 aliphatic rings. The summed E-state index contributed by atoms with van der Waals surface area (Å²) in [7, 11) is 0. The van der Waals surface area contributed by atoms with E-state index in [1.165, 1.54) is 0 Å². The molecule has 0 N–H and O–H groups in total. The van der Waals surface area contributed by atoms with Gasteiger partial charge in [0.25, 0.3) is 0 Å². The second-order valence-corrected chi connectivity index (χ2v) is 5.01. The Labute approximate surface area is 463 Å². The smallest absolute Gasteiger partial charge is 0.129 e. The number of allylic oxidation sites excluding steroid dienone is 12. The van der Waals surface area contributed by atoms with Crippen LogP contribution in [-0.4, -0.2) is 5.78 Å². The molecule has 0 aromatic carbocycles. The molecule has 162 valence electrons. The van der Waals surface area contributed by atoms with Gasteiger partial charge in [-0.25, -0.2) is 12.8 Å². The van der Waals surface area contributed by atoms with E-state index in [0.29, 0.717) is 6.42 Å². The average molecular weight is 1210 g/mol. The first-order valence-corrected chi connectivity index (χ1v) is 8.41. The van der Waals surface area contributed by atoms with E-state index in [0.717, 1.165) is 12.8 Å². The van der Waals surface area contributed by atoms with E-state index in [1.807, 2.05) is 98.9 Å². The van der Waals surface area contributed by atoms with Crippen LogP contribution in [0, 0.1) is 32.1 Å². The summed E-state index contributed by atoms with van der Waals surface area (Å²) in [5.74, 6) is 0.232. The molecule has 0 amide bonds. The van der Waals surface area contributed by atoms with Gasteiger partial charge in [0.2, 0.25) is 0 Å². The summed E-state index contributed by atoms with van der Waals surface area (Å²) in [6, 6.07) is 0. The molecule has 0 saturated heterocycles. The quantitative estimate of drug-likeness (QED) is 0.193. The van der Waals surface area contributed by atoms with Crippen LogP contribution in [0.15, 0.2) is 72.9 Å². The Hall–Kier alpha value is 8.50. The second-order valence-electron chi connectivity index (χ2n) is 5.01. The molecule has 0 aliphatic carbocycles. The van der Waals surface area contributed by atoms with E-state index < -0.39 is 0 Å². The maximum absolute atomic E-state index is 10.7. The molecule has 34 heavy (non-hydrogen) atoms. The molecule has 11 heteroatoms. The van der Waals surface area contributed by atoms with Crippen molar-refractivity contribution in [3.8, 4) is 0 Å². The first-order chi connectivity index (χ1) is 11.8. The third kappa shape index (κ3) is 72.6. The summed E-state index contributed by atoms with van der Waals surface area (Å²) in [4.78, 5) is 10.7. The standard InChI is InChI=1S/C23H29O.10Y/c1-3-4-5-6-7-8-9-10-11-12-13-14-15-16-17-18-19-20-21-22-23(2)24;;;;;;;;;;/h4-20H,3,21-22H2,1-2H3;;;;;;;;;;/q-5;;;;;;;;;;/b5-4-,8-7-,11-10-,14-13-,17-16-,20-19-;;;;;;;;;;. The van der Waals surface area contributed by atoms with Crippen LogP contribution in [0.25, 0.3) is 0 Å². The summed E-state index contributed by atoms with van der Waals surface area (Å²) < 4.78 is 0. The van der Waals surface area contributed by atoms with Crippen LogP contribution in [0.1, 0.15) is 33.1 Å². The van der Waals surface area contributed by atoms with Crippen LogP contribution >= 0.6 is 0 Å². The number of carbonyl (C=O) groups is 1. The number of hydrogen-bond donors (Lipinski definition) is 0. The van der Waals surface area contributed by atoms with Gasteiger partial charge >= 0.3 is 0 Å². The van der Waals surface area contributed by atoms with E-state index in [4.69, 9.17) is 0 Å². The topological polar surface area (TPSA) is 17.1 Å². The molecule has 0 unspecified atom stereocenters. The van der Waals surface area contributed by atoms with Crippen molar-refractivity contribution in [2.24, 2.45) is 0 Å². The maximum Gasteiger partial charge on any atom is 0.129 e. The van der Waals surface area contributed by atoms with Gasteiger partial charge < -0.3 is 4.79 Å². The third-order valence-corrected chi connectivity index (χ3v) is 2.73. The monoisotopic (exact) mass is 1210 g/mol. The number of rotatable bonds is 14. The summed E-state index contributed by atoms with van der Waals surface area (Å²) in [5, 5.41) is 0. The van der Waals surface area contributed by atoms with Gasteiger partial charge in [0.1, 0.15) is 5.78 Å².